The molecule has 0 aliphatic carbocycles. The van der Waals surface area contributed by atoms with Gasteiger partial charge in [-0.15, -0.1) is 0 Å². The van der Waals surface area contributed by atoms with E-state index in [0.717, 1.165) is 24.8 Å². The van der Waals surface area contributed by atoms with Gasteiger partial charge in [-0.1, -0.05) is 86.8 Å². The van der Waals surface area contributed by atoms with Crippen molar-refractivity contribution in [1.29, 1.82) is 0 Å². The lowest BCUT2D eigenvalue weighted by atomic mass is 9.99. The number of ether oxygens (including phenoxy) is 2. The first-order valence-corrected chi connectivity index (χ1v) is 13.8. The molecule has 2 rings (SSSR count). The average Bonchev–Trinajstić information content (AvgIpc) is 2.92. The summed E-state index contributed by atoms with van der Waals surface area (Å²) in [5.41, 5.74) is 0.670. The minimum Gasteiger partial charge on any atom is -0.468 e. The van der Waals surface area contributed by atoms with Crippen LogP contribution < -0.4 is 10.6 Å². The van der Waals surface area contributed by atoms with Crippen molar-refractivity contribution in [1.82, 2.24) is 15.5 Å². The third-order valence-corrected chi connectivity index (χ3v) is 6.12. The van der Waals surface area contributed by atoms with Crippen LogP contribution in [0.15, 0.2) is 60.7 Å². The van der Waals surface area contributed by atoms with E-state index in [-0.39, 0.29) is 19.5 Å². The minimum absolute atomic E-state index is 0.204. The lowest BCUT2D eigenvalue weighted by Crippen LogP contribution is -2.54. The number of methoxy groups -OCH3 is 1. The summed E-state index contributed by atoms with van der Waals surface area (Å²) in [7, 11) is 1.24. The highest BCUT2D eigenvalue weighted by molar-refractivity contribution is 5.93. The molecule has 0 spiro atoms. The second kappa shape index (κ2) is 16.3. The normalized spacial score (nSPS) is 12.5. The van der Waals surface area contributed by atoms with E-state index in [1.165, 1.54) is 12.0 Å². The summed E-state index contributed by atoms with van der Waals surface area (Å²) in [6.07, 6.45) is 3.00. The van der Waals surface area contributed by atoms with Crippen LogP contribution in [0.3, 0.4) is 0 Å². The van der Waals surface area contributed by atoms with Crippen LogP contribution in [0.4, 0.5) is 4.79 Å². The number of benzene rings is 2. The SMILES string of the molecule is CCCCCCN(C(=O)C(Cc1ccccc1)NC(=O)OC(C)(C)C)C(C(=O)NCC(=O)OC)c1ccccc1. The fraction of sp³-hybridized carbons (Fsp3) is 0.484. The maximum absolute atomic E-state index is 14.3. The lowest BCUT2D eigenvalue weighted by molar-refractivity contribution is -0.144. The summed E-state index contributed by atoms with van der Waals surface area (Å²) in [6.45, 7) is 7.29. The van der Waals surface area contributed by atoms with Gasteiger partial charge in [-0.25, -0.2) is 4.79 Å². The highest BCUT2D eigenvalue weighted by Gasteiger charge is 2.36. The Bertz CT molecular complexity index is 1090. The number of hydrogen-bond acceptors (Lipinski definition) is 6. The molecule has 2 aromatic rings. The van der Waals surface area contributed by atoms with Gasteiger partial charge in [-0.2, -0.15) is 0 Å². The Morgan fingerprint density at radius 3 is 2.10 bits per heavy atom. The fourth-order valence-electron chi connectivity index (χ4n) is 4.21. The van der Waals surface area contributed by atoms with Gasteiger partial charge in [0.05, 0.1) is 7.11 Å². The average molecular weight is 554 g/mol. The first-order valence-electron chi connectivity index (χ1n) is 13.8. The molecule has 0 bridgehead atoms. The monoisotopic (exact) mass is 553 g/mol. The number of amides is 3. The molecule has 218 valence electrons. The summed E-state index contributed by atoms with van der Waals surface area (Å²) < 4.78 is 10.1. The molecular formula is C31H43N3O6. The van der Waals surface area contributed by atoms with Crippen molar-refractivity contribution in [3.05, 3.63) is 71.8 Å². The number of unbranched alkanes of at least 4 members (excludes halogenated alkanes) is 3. The Kier molecular flexibility index (Phi) is 13.2. The Morgan fingerprint density at radius 2 is 1.52 bits per heavy atom. The molecule has 0 radical (unpaired) electrons. The molecular weight excluding hydrogens is 510 g/mol. The first-order chi connectivity index (χ1) is 19.1. The maximum atomic E-state index is 14.3. The Labute approximate surface area is 237 Å². The van der Waals surface area contributed by atoms with E-state index in [9.17, 15) is 19.2 Å². The number of carbonyl (C=O) groups is 4. The second-order valence-electron chi connectivity index (χ2n) is 10.6. The number of esters is 1. The van der Waals surface area contributed by atoms with Crippen LogP contribution in [0, 0.1) is 0 Å². The number of nitrogens with zero attached hydrogens (tertiary/aromatic N) is 1. The van der Waals surface area contributed by atoms with Crippen LogP contribution >= 0.6 is 0 Å². The van der Waals surface area contributed by atoms with Gasteiger partial charge in [-0.05, 0) is 38.3 Å². The maximum Gasteiger partial charge on any atom is 0.408 e. The van der Waals surface area contributed by atoms with Gasteiger partial charge < -0.3 is 25.0 Å². The van der Waals surface area contributed by atoms with E-state index in [1.54, 1.807) is 45.0 Å². The van der Waals surface area contributed by atoms with E-state index in [0.29, 0.717) is 12.0 Å². The molecule has 0 saturated heterocycles. The number of carbonyl (C=O) groups excluding carboxylic acids is 4. The van der Waals surface area contributed by atoms with Crippen molar-refractivity contribution in [2.45, 2.75) is 77.5 Å². The smallest absolute Gasteiger partial charge is 0.408 e. The molecule has 40 heavy (non-hydrogen) atoms. The molecule has 0 fully saturated rings. The zero-order valence-corrected chi connectivity index (χ0v) is 24.3. The van der Waals surface area contributed by atoms with Crippen molar-refractivity contribution in [3.8, 4) is 0 Å². The predicted octanol–water partition coefficient (Wildman–Crippen LogP) is 4.56. The van der Waals surface area contributed by atoms with Gasteiger partial charge in [0.15, 0.2) is 0 Å². The van der Waals surface area contributed by atoms with Crippen LogP contribution in [0.2, 0.25) is 0 Å². The summed E-state index contributed by atoms with van der Waals surface area (Å²) in [6, 6.07) is 16.3. The van der Waals surface area contributed by atoms with Gasteiger partial charge in [0.2, 0.25) is 11.8 Å². The van der Waals surface area contributed by atoms with E-state index >= 15 is 0 Å². The third-order valence-electron chi connectivity index (χ3n) is 6.12. The number of alkyl carbamates (subject to hydrolysis) is 1. The Balaban J connectivity index is 2.49. The predicted molar refractivity (Wildman–Crippen MR) is 153 cm³/mol. The molecule has 0 heterocycles. The van der Waals surface area contributed by atoms with Crippen molar-refractivity contribution in [2.24, 2.45) is 0 Å². The molecule has 2 aromatic carbocycles. The van der Waals surface area contributed by atoms with Crippen molar-refractivity contribution < 1.29 is 28.7 Å². The van der Waals surface area contributed by atoms with Gasteiger partial charge in [0.1, 0.15) is 24.2 Å². The molecule has 0 aliphatic rings. The lowest BCUT2D eigenvalue weighted by Gasteiger charge is -2.34. The van der Waals surface area contributed by atoms with Crippen LogP contribution in [-0.2, 0) is 30.3 Å². The fourth-order valence-corrected chi connectivity index (χ4v) is 4.21. The number of rotatable bonds is 14. The van der Waals surface area contributed by atoms with E-state index in [2.05, 4.69) is 22.3 Å². The number of hydrogen-bond donors (Lipinski definition) is 2. The number of nitrogens with one attached hydrogen (secondary N) is 2. The van der Waals surface area contributed by atoms with Crippen LogP contribution in [0.5, 0.6) is 0 Å². The molecule has 2 unspecified atom stereocenters. The van der Waals surface area contributed by atoms with Gasteiger partial charge in [0.25, 0.3) is 0 Å². The van der Waals surface area contributed by atoms with E-state index in [4.69, 9.17) is 4.74 Å². The molecule has 0 saturated carbocycles. The van der Waals surface area contributed by atoms with Crippen molar-refractivity contribution in [3.63, 3.8) is 0 Å². The van der Waals surface area contributed by atoms with Crippen LogP contribution in [0.25, 0.3) is 0 Å². The Morgan fingerprint density at radius 1 is 0.900 bits per heavy atom. The van der Waals surface area contributed by atoms with Crippen molar-refractivity contribution >= 4 is 23.9 Å². The topological polar surface area (TPSA) is 114 Å². The largest absolute Gasteiger partial charge is 0.468 e. The molecule has 2 atom stereocenters. The third kappa shape index (κ3) is 11.1. The summed E-state index contributed by atoms with van der Waals surface area (Å²) in [5, 5.41) is 5.36. The van der Waals surface area contributed by atoms with E-state index in [1.807, 2.05) is 36.4 Å². The minimum atomic E-state index is -1.03. The molecule has 0 aliphatic heterocycles. The van der Waals surface area contributed by atoms with Gasteiger partial charge in [-0.3, -0.25) is 14.4 Å². The van der Waals surface area contributed by atoms with E-state index < -0.39 is 41.6 Å². The summed E-state index contributed by atoms with van der Waals surface area (Å²) >= 11 is 0. The second-order valence-corrected chi connectivity index (χ2v) is 10.6. The quantitative estimate of drug-likeness (QED) is 0.262. The molecule has 9 nitrogen and oxygen atoms in total. The zero-order chi connectivity index (χ0) is 29.5. The summed E-state index contributed by atoms with van der Waals surface area (Å²) in [4.78, 5) is 54.0. The Hall–Kier alpha value is -3.88. The van der Waals surface area contributed by atoms with Crippen LogP contribution in [0.1, 0.15) is 70.5 Å². The van der Waals surface area contributed by atoms with Crippen molar-refractivity contribution in [2.75, 3.05) is 20.2 Å². The highest BCUT2D eigenvalue weighted by Crippen LogP contribution is 2.24. The molecule has 0 aromatic heterocycles. The summed E-state index contributed by atoms with van der Waals surface area (Å²) in [5.74, 6) is -1.54. The van der Waals surface area contributed by atoms with Gasteiger partial charge >= 0.3 is 12.1 Å². The first kappa shape index (κ1) is 32.3. The van der Waals surface area contributed by atoms with Gasteiger partial charge in [0, 0.05) is 13.0 Å². The molecule has 9 heteroatoms. The molecule has 3 amide bonds. The standard InChI is InChI=1S/C31H43N3O6/c1-6-7-8-15-20-34(27(24-18-13-10-14-19-24)28(36)32-22-26(35)39-5)29(37)25(21-23-16-11-9-12-17-23)33-30(38)40-31(2,3)4/h9-14,16-19,25,27H,6-8,15,20-22H2,1-5H3,(H,32,36)(H,33,38). The highest BCUT2D eigenvalue weighted by atomic mass is 16.6. The zero-order valence-electron chi connectivity index (χ0n) is 24.3. The molecule has 2 N–H and O–H groups in total. The van der Waals surface area contributed by atoms with Crippen LogP contribution in [-0.4, -0.2) is 60.6 Å².